The molecular formula is C44H28N2. The molecule has 2 heteroatoms. The molecule has 0 saturated heterocycles. The Morgan fingerprint density at radius 1 is 0.326 bits per heavy atom. The molecule has 0 fully saturated rings. The number of aromatic nitrogens is 2. The van der Waals surface area contributed by atoms with Crippen molar-refractivity contribution in [2.75, 3.05) is 0 Å². The fourth-order valence-corrected chi connectivity index (χ4v) is 7.45. The zero-order valence-corrected chi connectivity index (χ0v) is 25.0. The van der Waals surface area contributed by atoms with Crippen LogP contribution in [0.15, 0.2) is 164 Å². The van der Waals surface area contributed by atoms with E-state index < -0.39 is 0 Å². The highest BCUT2D eigenvalue weighted by atomic mass is 15.0. The lowest BCUT2D eigenvalue weighted by Gasteiger charge is -2.11. The van der Waals surface area contributed by atoms with E-state index in [0.717, 1.165) is 5.69 Å². The van der Waals surface area contributed by atoms with Crippen LogP contribution in [0.5, 0.6) is 0 Å². The number of fused-ring (bicyclic) bond motifs is 9. The third-order valence-corrected chi connectivity index (χ3v) is 9.72. The molecular weight excluding hydrogens is 556 g/mol. The molecule has 0 saturated carbocycles. The third kappa shape index (κ3) is 3.77. The molecule has 0 amide bonds. The minimum atomic E-state index is 1.16. The van der Waals surface area contributed by atoms with Crippen LogP contribution in [0.3, 0.4) is 0 Å². The highest BCUT2D eigenvalue weighted by Gasteiger charge is 2.14. The number of rotatable bonds is 3. The smallest absolute Gasteiger partial charge is 0.0547 e. The number of benzene rings is 8. The average molecular weight is 585 g/mol. The summed E-state index contributed by atoms with van der Waals surface area (Å²) in [7, 11) is 0. The van der Waals surface area contributed by atoms with Crippen molar-refractivity contribution < 1.29 is 0 Å². The van der Waals surface area contributed by atoms with Crippen LogP contribution in [0.1, 0.15) is 0 Å². The number of nitrogens with one attached hydrogen (secondary N) is 1. The number of H-pyrrole nitrogens is 1. The largest absolute Gasteiger partial charge is 0.355 e. The SMILES string of the molecule is c1ccc2c(c1)ccc1cc(-c3ccc(-n4c5ccccc5c5ccc(-c6ccc7[nH]c8ccccc8c7c6)cc54)cc3)ccc12. The summed E-state index contributed by atoms with van der Waals surface area (Å²) in [4.78, 5) is 3.56. The molecule has 0 aliphatic rings. The maximum absolute atomic E-state index is 3.56. The van der Waals surface area contributed by atoms with Crippen LogP contribution in [-0.2, 0) is 0 Å². The molecule has 2 nitrogen and oxygen atoms in total. The molecule has 2 heterocycles. The van der Waals surface area contributed by atoms with Crippen LogP contribution in [0.25, 0.3) is 93.1 Å². The number of aromatic amines is 1. The molecule has 0 aliphatic heterocycles. The molecule has 46 heavy (non-hydrogen) atoms. The van der Waals surface area contributed by atoms with E-state index in [9.17, 15) is 0 Å². The Labute approximate surface area is 265 Å². The third-order valence-electron chi connectivity index (χ3n) is 9.72. The molecule has 0 unspecified atom stereocenters. The first-order valence-electron chi connectivity index (χ1n) is 15.8. The Hall–Kier alpha value is -6.12. The summed E-state index contributed by atoms with van der Waals surface area (Å²) in [5.41, 5.74) is 10.8. The summed E-state index contributed by atoms with van der Waals surface area (Å²) in [6.45, 7) is 0. The van der Waals surface area contributed by atoms with Crippen molar-refractivity contribution in [3.63, 3.8) is 0 Å². The van der Waals surface area contributed by atoms with E-state index in [2.05, 4.69) is 173 Å². The van der Waals surface area contributed by atoms with Gasteiger partial charge in [-0.3, -0.25) is 0 Å². The molecule has 1 N–H and O–H groups in total. The van der Waals surface area contributed by atoms with E-state index in [1.807, 2.05) is 0 Å². The molecule has 0 aliphatic carbocycles. The standard InChI is InChI=1S/C44H28N2/c1-2-8-35-29(7-1)13-14-33-25-30(17-22-36(33)35)28-15-20-34(21-16-28)46-43-12-6-4-10-38(43)39-23-18-32(27-44(39)46)31-19-24-42-40(26-31)37-9-3-5-11-41(37)45-42/h1-27,45H. The van der Waals surface area contributed by atoms with Crippen molar-refractivity contribution in [2.45, 2.75) is 0 Å². The van der Waals surface area contributed by atoms with Crippen LogP contribution < -0.4 is 0 Å². The molecule has 8 aromatic carbocycles. The lowest BCUT2D eigenvalue weighted by molar-refractivity contribution is 1.18. The maximum Gasteiger partial charge on any atom is 0.0547 e. The van der Waals surface area contributed by atoms with Gasteiger partial charge in [0.05, 0.1) is 11.0 Å². The average Bonchev–Trinajstić information content (AvgIpc) is 3.66. The van der Waals surface area contributed by atoms with E-state index in [1.54, 1.807) is 0 Å². The minimum Gasteiger partial charge on any atom is -0.355 e. The number of nitrogens with zero attached hydrogens (tertiary/aromatic N) is 1. The van der Waals surface area contributed by atoms with Gasteiger partial charge in [0, 0.05) is 38.3 Å². The fraction of sp³-hybridized carbons (Fsp3) is 0. The van der Waals surface area contributed by atoms with E-state index >= 15 is 0 Å². The quantitative estimate of drug-likeness (QED) is 0.199. The van der Waals surface area contributed by atoms with Gasteiger partial charge in [-0.2, -0.15) is 0 Å². The molecule has 0 atom stereocenters. The Morgan fingerprint density at radius 3 is 1.80 bits per heavy atom. The summed E-state index contributed by atoms with van der Waals surface area (Å²) in [6, 6.07) is 59.9. The summed E-state index contributed by atoms with van der Waals surface area (Å²) in [6.07, 6.45) is 0. The normalized spacial score (nSPS) is 11.9. The second-order valence-corrected chi connectivity index (χ2v) is 12.3. The van der Waals surface area contributed by atoms with Crippen molar-refractivity contribution >= 4 is 65.2 Å². The summed E-state index contributed by atoms with van der Waals surface area (Å²) >= 11 is 0. The second-order valence-electron chi connectivity index (χ2n) is 12.3. The summed E-state index contributed by atoms with van der Waals surface area (Å²) in [5.74, 6) is 0. The van der Waals surface area contributed by atoms with E-state index in [4.69, 9.17) is 0 Å². The van der Waals surface area contributed by atoms with Crippen molar-refractivity contribution in [3.05, 3.63) is 164 Å². The molecule has 214 valence electrons. The maximum atomic E-state index is 3.56. The number of para-hydroxylation sites is 2. The topological polar surface area (TPSA) is 20.7 Å². The highest BCUT2D eigenvalue weighted by molar-refractivity contribution is 6.12. The Morgan fingerprint density at radius 2 is 0.913 bits per heavy atom. The van der Waals surface area contributed by atoms with Gasteiger partial charge in [-0.25, -0.2) is 0 Å². The van der Waals surface area contributed by atoms with Crippen LogP contribution >= 0.6 is 0 Å². The zero-order chi connectivity index (χ0) is 30.2. The first kappa shape index (κ1) is 25.2. The number of hydrogen-bond donors (Lipinski definition) is 1. The highest BCUT2D eigenvalue weighted by Crippen LogP contribution is 2.37. The van der Waals surface area contributed by atoms with Crippen molar-refractivity contribution in [3.8, 4) is 27.9 Å². The van der Waals surface area contributed by atoms with Crippen LogP contribution in [-0.4, -0.2) is 9.55 Å². The summed E-state index contributed by atoms with van der Waals surface area (Å²) in [5, 5.41) is 10.2. The lowest BCUT2D eigenvalue weighted by atomic mass is 9.97. The van der Waals surface area contributed by atoms with Crippen molar-refractivity contribution in [1.82, 2.24) is 9.55 Å². The minimum absolute atomic E-state index is 1.16. The molecule has 0 bridgehead atoms. The predicted octanol–water partition coefficient (Wildman–Crippen LogP) is 12.1. The van der Waals surface area contributed by atoms with Crippen LogP contribution in [0.2, 0.25) is 0 Å². The van der Waals surface area contributed by atoms with Gasteiger partial charge in [0.2, 0.25) is 0 Å². The van der Waals surface area contributed by atoms with Crippen molar-refractivity contribution in [2.24, 2.45) is 0 Å². The van der Waals surface area contributed by atoms with E-state index in [-0.39, 0.29) is 0 Å². The monoisotopic (exact) mass is 584 g/mol. The van der Waals surface area contributed by atoms with Gasteiger partial charge in [-0.15, -0.1) is 0 Å². The zero-order valence-electron chi connectivity index (χ0n) is 25.0. The number of hydrogen-bond acceptors (Lipinski definition) is 0. The van der Waals surface area contributed by atoms with Crippen molar-refractivity contribution in [1.29, 1.82) is 0 Å². The Kier molecular flexibility index (Phi) is 5.31. The fourth-order valence-electron chi connectivity index (χ4n) is 7.45. The van der Waals surface area contributed by atoms with E-state index in [0.29, 0.717) is 0 Å². The Balaban J connectivity index is 1.10. The molecule has 10 rings (SSSR count). The van der Waals surface area contributed by atoms with Crippen LogP contribution in [0.4, 0.5) is 0 Å². The van der Waals surface area contributed by atoms with Gasteiger partial charge < -0.3 is 9.55 Å². The van der Waals surface area contributed by atoms with Gasteiger partial charge in [0.15, 0.2) is 0 Å². The van der Waals surface area contributed by atoms with Gasteiger partial charge >= 0.3 is 0 Å². The summed E-state index contributed by atoms with van der Waals surface area (Å²) < 4.78 is 2.41. The van der Waals surface area contributed by atoms with Crippen LogP contribution in [0, 0.1) is 0 Å². The predicted molar refractivity (Wildman–Crippen MR) is 196 cm³/mol. The molecule has 0 radical (unpaired) electrons. The second kappa shape index (κ2) is 9.69. The first-order valence-corrected chi connectivity index (χ1v) is 15.8. The molecule has 2 aromatic heterocycles. The molecule has 10 aromatic rings. The van der Waals surface area contributed by atoms with Gasteiger partial charge in [0.1, 0.15) is 0 Å². The first-order chi connectivity index (χ1) is 22.8. The lowest BCUT2D eigenvalue weighted by Crippen LogP contribution is -1.94. The molecule has 0 spiro atoms. The Bertz CT molecular complexity index is 2790. The van der Waals surface area contributed by atoms with E-state index in [1.165, 1.54) is 87.4 Å². The van der Waals surface area contributed by atoms with Gasteiger partial charge in [-0.1, -0.05) is 115 Å². The van der Waals surface area contributed by atoms with Gasteiger partial charge in [-0.05, 0) is 92.3 Å². The van der Waals surface area contributed by atoms with Gasteiger partial charge in [0.25, 0.3) is 0 Å².